The molecule has 1 aliphatic rings. The van der Waals surface area contributed by atoms with E-state index in [1.54, 1.807) is 0 Å². The van der Waals surface area contributed by atoms with Crippen LogP contribution in [0.2, 0.25) is 5.02 Å². The first kappa shape index (κ1) is 14.6. The minimum Gasteiger partial charge on any atom is -0.395 e. The Kier molecular flexibility index (Phi) is 5.49. The molecule has 4 heteroatoms. The zero-order valence-electron chi connectivity index (χ0n) is 11.3. The number of rotatable bonds is 5. The Morgan fingerprint density at radius 3 is 2.63 bits per heavy atom. The van der Waals surface area contributed by atoms with Gasteiger partial charge in [0.2, 0.25) is 0 Å². The van der Waals surface area contributed by atoms with E-state index in [0.29, 0.717) is 19.1 Å². The van der Waals surface area contributed by atoms with Crippen molar-refractivity contribution in [3.8, 4) is 0 Å². The summed E-state index contributed by atoms with van der Waals surface area (Å²) in [5, 5.41) is 10.1. The maximum Gasteiger partial charge on any atom is 0.0606 e. The van der Waals surface area contributed by atoms with Gasteiger partial charge in [-0.2, -0.15) is 0 Å². The predicted molar refractivity (Wildman–Crippen MR) is 80.6 cm³/mol. The maximum absolute atomic E-state index is 9.36. The molecule has 0 aromatic heterocycles. The van der Waals surface area contributed by atoms with E-state index in [0.717, 1.165) is 16.3 Å². The van der Waals surface area contributed by atoms with Crippen LogP contribution in [-0.2, 0) is 6.54 Å². The van der Waals surface area contributed by atoms with Crippen LogP contribution in [0.1, 0.15) is 37.7 Å². The van der Waals surface area contributed by atoms with Crippen molar-refractivity contribution < 1.29 is 5.11 Å². The van der Waals surface area contributed by atoms with Crippen LogP contribution in [0.15, 0.2) is 18.2 Å². The Labute approximate surface area is 120 Å². The van der Waals surface area contributed by atoms with E-state index in [1.165, 1.54) is 32.1 Å². The quantitative estimate of drug-likeness (QED) is 0.873. The van der Waals surface area contributed by atoms with Gasteiger partial charge in [-0.25, -0.2) is 0 Å². The molecule has 0 heterocycles. The molecule has 1 fully saturated rings. The third kappa shape index (κ3) is 3.62. The van der Waals surface area contributed by atoms with E-state index >= 15 is 0 Å². The minimum absolute atomic E-state index is 0.160. The van der Waals surface area contributed by atoms with Crippen LogP contribution in [0, 0.1) is 0 Å². The summed E-state index contributed by atoms with van der Waals surface area (Å²) in [6.07, 6.45) is 6.24. The Morgan fingerprint density at radius 2 is 2.00 bits per heavy atom. The molecule has 106 valence electrons. The van der Waals surface area contributed by atoms with Crippen molar-refractivity contribution in [2.45, 2.75) is 44.7 Å². The van der Waals surface area contributed by atoms with E-state index in [1.807, 2.05) is 18.2 Å². The van der Waals surface area contributed by atoms with Gasteiger partial charge in [0.05, 0.1) is 6.61 Å². The first-order valence-electron chi connectivity index (χ1n) is 7.12. The third-order valence-corrected chi connectivity index (χ3v) is 4.17. The molecule has 1 saturated carbocycles. The van der Waals surface area contributed by atoms with Crippen molar-refractivity contribution in [2.24, 2.45) is 5.73 Å². The van der Waals surface area contributed by atoms with Crippen molar-refractivity contribution in [1.29, 1.82) is 0 Å². The number of anilines is 1. The molecule has 19 heavy (non-hydrogen) atoms. The van der Waals surface area contributed by atoms with Crippen LogP contribution in [-0.4, -0.2) is 24.3 Å². The first-order valence-corrected chi connectivity index (χ1v) is 7.50. The van der Waals surface area contributed by atoms with E-state index in [4.69, 9.17) is 17.3 Å². The molecule has 3 N–H and O–H groups in total. The molecule has 1 aliphatic carbocycles. The SMILES string of the molecule is NCc1ccc(Cl)cc1N(CCO)C1CCCCC1. The zero-order valence-corrected chi connectivity index (χ0v) is 12.1. The topological polar surface area (TPSA) is 49.5 Å². The molecule has 0 radical (unpaired) electrons. The van der Waals surface area contributed by atoms with E-state index in [-0.39, 0.29) is 6.61 Å². The van der Waals surface area contributed by atoms with Gasteiger partial charge in [0.1, 0.15) is 0 Å². The van der Waals surface area contributed by atoms with Crippen LogP contribution in [0.3, 0.4) is 0 Å². The van der Waals surface area contributed by atoms with Crippen LogP contribution in [0.4, 0.5) is 5.69 Å². The van der Waals surface area contributed by atoms with Crippen LogP contribution < -0.4 is 10.6 Å². The monoisotopic (exact) mass is 282 g/mol. The predicted octanol–water partition coefficient (Wildman–Crippen LogP) is 2.93. The summed E-state index contributed by atoms with van der Waals surface area (Å²) >= 11 is 6.13. The van der Waals surface area contributed by atoms with Gasteiger partial charge >= 0.3 is 0 Å². The molecular weight excluding hydrogens is 260 g/mol. The second kappa shape index (κ2) is 7.13. The molecule has 3 nitrogen and oxygen atoms in total. The third-order valence-electron chi connectivity index (χ3n) is 3.93. The Morgan fingerprint density at radius 1 is 1.26 bits per heavy atom. The van der Waals surface area contributed by atoms with Gasteiger partial charge in [-0.1, -0.05) is 36.9 Å². The van der Waals surface area contributed by atoms with Gasteiger partial charge < -0.3 is 15.7 Å². The second-order valence-corrected chi connectivity index (χ2v) is 5.62. The van der Waals surface area contributed by atoms with Crippen molar-refractivity contribution in [2.75, 3.05) is 18.1 Å². The maximum atomic E-state index is 9.36. The highest BCUT2D eigenvalue weighted by atomic mass is 35.5. The van der Waals surface area contributed by atoms with Crippen LogP contribution in [0.5, 0.6) is 0 Å². The Bertz CT molecular complexity index is 405. The number of halogens is 1. The van der Waals surface area contributed by atoms with Gasteiger partial charge in [-0.15, -0.1) is 0 Å². The lowest BCUT2D eigenvalue weighted by Crippen LogP contribution is -2.39. The summed E-state index contributed by atoms with van der Waals surface area (Å²) in [5.41, 5.74) is 8.03. The van der Waals surface area contributed by atoms with Gasteiger partial charge in [0.15, 0.2) is 0 Å². The molecule has 0 aliphatic heterocycles. The lowest BCUT2D eigenvalue weighted by Gasteiger charge is -2.37. The lowest BCUT2D eigenvalue weighted by molar-refractivity contribution is 0.290. The second-order valence-electron chi connectivity index (χ2n) is 5.19. The molecule has 1 aromatic carbocycles. The van der Waals surface area contributed by atoms with Gasteiger partial charge in [0, 0.05) is 29.8 Å². The average molecular weight is 283 g/mol. The summed E-state index contributed by atoms with van der Waals surface area (Å²) in [5.74, 6) is 0. The number of nitrogens with zero attached hydrogens (tertiary/aromatic N) is 1. The molecule has 0 unspecified atom stereocenters. The number of benzene rings is 1. The highest BCUT2D eigenvalue weighted by Gasteiger charge is 2.22. The lowest BCUT2D eigenvalue weighted by atomic mass is 9.93. The molecular formula is C15H23ClN2O. The minimum atomic E-state index is 0.160. The zero-order chi connectivity index (χ0) is 13.7. The van der Waals surface area contributed by atoms with Gasteiger partial charge in [-0.3, -0.25) is 0 Å². The van der Waals surface area contributed by atoms with Crippen molar-refractivity contribution in [3.05, 3.63) is 28.8 Å². The van der Waals surface area contributed by atoms with Gasteiger partial charge in [0.25, 0.3) is 0 Å². The first-order chi connectivity index (χ1) is 9.26. The number of nitrogens with two attached hydrogens (primary N) is 1. The van der Waals surface area contributed by atoms with E-state index < -0.39 is 0 Å². The molecule has 0 atom stereocenters. The van der Waals surface area contributed by atoms with Crippen LogP contribution in [0.25, 0.3) is 0 Å². The number of aliphatic hydroxyl groups excluding tert-OH is 1. The number of hydrogen-bond donors (Lipinski definition) is 2. The molecule has 0 amide bonds. The number of aliphatic hydroxyl groups is 1. The van der Waals surface area contributed by atoms with Crippen molar-refractivity contribution >= 4 is 17.3 Å². The Balaban J connectivity index is 2.28. The highest BCUT2D eigenvalue weighted by Crippen LogP contribution is 2.31. The van der Waals surface area contributed by atoms with Crippen molar-refractivity contribution in [3.63, 3.8) is 0 Å². The normalized spacial score (nSPS) is 16.6. The summed E-state index contributed by atoms with van der Waals surface area (Å²) in [4.78, 5) is 2.30. The molecule has 0 saturated heterocycles. The summed E-state index contributed by atoms with van der Waals surface area (Å²) < 4.78 is 0. The van der Waals surface area contributed by atoms with E-state index in [9.17, 15) is 5.11 Å². The fourth-order valence-corrected chi connectivity index (χ4v) is 3.14. The van der Waals surface area contributed by atoms with Crippen LogP contribution >= 0.6 is 11.6 Å². The smallest absolute Gasteiger partial charge is 0.0606 e. The number of hydrogen-bond acceptors (Lipinski definition) is 3. The molecule has 0 spiro atoms. The van der Waals surface area contributed by atoms with Gasteiger partial charge in [-0.05, 0) is 30.5 Å². The van der Waals surface area contributed by atoms with E-state index in [2.05, 4.69) is 4.90 Å². The molecule has 2 rings (SSSR count). The summed E-state index contributed by atoms with van der Waals surface area (Å²) in [6, 6.07) is 6.36. The average Bonchev–Trinajstić information content (AvgIpc) is 2.45. The largest absolute Gasteiger partial charge is 0.395 e. The highest BCUT2D eigenvalue weighted by molar-refractivity contribution is 6.30. The summed E-state index contributed by atoms with van der Waals surface area (Å²) in [7, 11) is 0. The fourth-order valence-electron chi connectivity index (χ4n) is 2.98. The Hall–Kier alpha value is -0.770. The molecule has 0 bridgehead atoms. The standard InChI is InChI=1S/C15H23ClN2O/c16-13-7-6-12(11-17)15(10-13)18(8-9-19)14-4-2-1-3-5-14/h6-7,10,14,19H,1-5,8-9,11,17H2. The summed E-state index contributed by atoms with van der Waals surface area (Å²) in [6.45, 7) is 1.31. The molecule has 1 aromatic rings. The fraction of sp³-hybridized carbons (Fsp3) is 0.600. The van der Waals surface area contributed by atoms with Crippen molar-refractivity contribution in [1.82, 2.24) is 0 Å².